The van der Waals surface area contributed by atoms with Gasteiger partial charge in [0.15, 0.2) is 0 Å². The Kier molecular flexibility index (Phi) is 6.80. The standard InChI is InChI=1S/C12H14O7/c1-3-7(5-9(13)14)11(17)19-12(18)8(4-2)6-10(15)16/h3-4,7-8H,1-2,5-6H2,(H,13,14)(H,15,16). The Balaban J connectivity index is 4.64. The van der Waals surface area contributed by atoms with E-state index in [-0.39, 0.29) is 0 Å². The third-order valence-electron chi connectivity index (χ3n) is 2.16. The van der Waals surface area contributed by atoms with Gasteiger partial charge >= 0.3 is 23.9 Å². The van der Waals surface area contributed by atoms with Gasteiger partial charge in [0.05, 0.1) is 24.7 Å². The van der Waals surface area contributed by atoms with E-state index in [0.717, 1.165) is 12.2 Å². The molecule has 0 aromatic rings. The molecule has 0 saturated carbocycles. The highest BCUT2D eigenvalue weighted by atomic mass is 16.6. The van der Waals surface area contributed by atoms with Gasteiger partial charge in [-0.15, -0.1) is 13.2 Å². The lowest BCUT2D eigenvalue weighted by Crippen LogP contribution is -2.26. The van der Waals surface area contributed by atoms with Crippen LogP contribution in [0.5, 0.6) is 0 Å². The van der Waals surface area contributed by atoms with Crippen LogP contribution in [0.25, 0.3) is 0 Å². The van der Waals surface area contributed by atoms with Gasteiger partial charge < -0.3 is 14.9 Å². The van der Waals surface area contributed by atoms with Crippen LogP contribution in [0.15, 0.2) is 25.3 Å². The summed E-state index contributed by atoms with van der Waals surface area (Å²) < 4.78 is 4.41. The van der Waals surface area contributed by atoms with Crippen molar-refractivity contribution in [3.8, 4) is 0 Å². The van der Waals surface area contributed by atoms with Crippen molar-refractivity contribution in [2.75, 3.05) is 0 Å². The van der Waals surface area contributed by atoms with E-state index in [2.05, 4.69) is 17.9 Å². The Morgan fingerprint density at radius 1 is 0.895 bits per heavy atom. The minimum absolute atomic E-state index is 0.562. The summed E-state index contributed by atoms with van der Waals surface area (Å²) in [5.74, 6) is -7.01. The normalized spacial score (nSPS) is 12.8. The quantitative estimate of drug-likeness (QED) is 0.377. The molecule has 0 aliphatic carbocycles. The second-order valence-corrected chi connectivity index (χ2v) is 3.62. The first-order valence-electron chi connectivity index (χ1n) is 5.26. The van der Waals surface area contributed by atoms with E-state index in [1.165, 1.54) is 0 Å². The second kappa shape index (κ2) is 7.80. The molecule has 0 bridgehead atoms. The summed E-state index contributed by atoms with van der Waals surface area (Å²) in [7, 11) is 0. The zero-order chi connectivity index (χ0) is 15.0. The van der Waals surface area contributed by atoms with Gasteiger partial charge in [-0.1, -0.05) is 12.2 Å². The Labute approximate surface area is 109 Å². The molecule has 7 nitrogen and oxygen atoms in total. The van der Waals surface area contributed by atoms with Gasteiger partial charge in [-0.2, -0.15) is 0 Å². The maximum atomic E-state index is 11.5. The first-order chi connectivity index (χ1) is 8.81. The zero-order valence-electron chi connectivity index (χ0n) is 10.1. The zero-order valence-corrected chi connectivity index (χ0v) is 10.1. The lowest BCUT2D eigenvalue weighted by Gasteiger charge is -2.12. The summed E-state index contributed by atoms with van der Waals surface area (Å²) in [5, 5.41) is 17.1. The molecule has 2 unspecified atom stereocenters. The largest absolute Gasteiger partial charge is 0.481 e. The predicted octanol–water partition coefficient (Wildman–Crippen LogP) is 0.610. The minimum Gasteiger partial charge on any atom is -0.481 e. The summed E-state index contributed by atoms with van der Waals surface area (Å²) in [5.41, 5.74) is 0. The molecule has 0 aliphatic rings. The molecule has 0 saturated heterocycles. The Morgan fingerprint density at radius 3 is 1.42 bits per heavy atom. The van der Waals surface area contributed by atoms with Gasteiger partial charge in [-0.25, -0.2) is 0 Å². The van der Waals surface area contributed by atoms with Crippen LogP contribution in [-0.4, -0.2) is 34.1 Å². The first-order valence-corrected chi connectivity index (χ1v) is 5.26. The molecule has 0 aromatic carbocycles. The van der Waals surface area contributed by atoms with Crippen LogP contribution in [0.1, 0.15) is 12.8 Å². The highest BCUT2D eigenvalue weighted by molar-refractivity contribution is 5.92. The number of aliphatic carboxylic acids is 2. The molecule has 0 spiro atoms. The third-order valence-corrected chi connectivity index (χ3v) is 2.16. The van der Waals surface area contributed by atoms with Crippen molar-refractivity contribution in [3.05, 3.63) is 25.3 Å². The molecule has 7 heteroatoms. The Hall–Kier alpha value is -2.44. The SMILES string of the molecule is C=CC(CC(=O)O)C(=O)OC(=O)C(C=C)CC(=O)O. The van der Waals surface area contributed by atoms with Gasteiger partial charge in [0.1, 0.15) is 0 Å². The van der Waals surface area contributed by atoms with Crippen molar-refractivity contribution in [2.24, 2.45) is 11.8 Å². The fraction of sp³-hybridized carbons (Fsp3) is 0.333. The summed E-state index contributed by atoms with van der Waals surface area (Å²) in [6.45, 7) is 6.53. The highest BCUT2D eigenvalue weighted by Crippen LogP contribution is 2.12. The van der Waals surface area contributed by atoms with Crippen molar-refractivity contribution >= 4 is 23.9 Å². The summed E-state index contributed by atoms with van der Waals surface area (Å²) in [6, 6.07) is 0. The van der Waals surface area contributed by atoms with E-state index in [4.69, 9.17) is 10.2 Å². The molecule has 0 aromatic heterocycles. The van der Waals surface area contributed by atoms with E-state index in [9.17, 15) is 19.2 Å². The molecule has 0 amide bonds. The molecule has 104 valence electrons. The lowest BCUT2D eigenvalue weighted by atomic mass is 10.1. The van der Waals surface area contributed by atoms with Gasteiger partial charge in [0.25, 0.3) is 0 Å². The van der Waals surface area contributed by atoms with Crippen molar-refractivity contribution in [3.63, 3.8) is 0 Å². The molecular weight excluding hydrogens is 256 g/mol. The fourth-order valence-corrected chi connectivity index (χ4v) is 1.15. The number of esters is 2. The number of ether oxygens (including phenoxy) is 1. The van der Waals surface area contributed by atoms with E-state index in [1.807, 2.05) is 0 Å². The van der Waals surface area contributed by atoms with Gasteiger partial charge in [0, 0.05) is 0 Å². The van der Waals surface area contributed by atoms with E-state index < -0.39 is 48.6 Å². The number of hydrogen-bond donors (Lipinski definition) is 2. The van der Waals surface area contributed by atoms with Crippen LogP contribution in [0, 0.1) is 11.8 Å². The van der Waals surface area contributed by atoms with E-state index >= 15 is 0 Å². The number of carbonyl (C=O) groups is 4. The highest BCUT2D eigenvalue weighted by Gasteiger charge is 2.27. The number of carboxylic acids is 2. The maximum Gasteiger partial charge on any atom is 0.321 e. The molecule has 0 radical (unpaired) electrons. The van der Waals surface area contributed by atoms with Gasteiger partial charge in [-0.05, 0) is 0 Å². The molecule has 0 heterocycles. The number of hydrogen-bond acceptors (Lipinski definition) is 5. The topological polar surface area (TPSA) is 118 Å². The van der Waals surface area contributed by atoms with Gasteiger partial charge in [0.2, 0.25) is 0 Å². The number of rotatable bonds is 8. The average Bonchev–Trinajstić information content (AvgIpc) is 2.31. The summed E-state index contributed by atoms with van der Waals surface area (Å²) in [4.78, 5) is 43.9. The van der Waals surface area contributed by atoms with Crippen molar-refractivity contribution in [1.82, 2.24) is 0 Å². The lowest BCUT2D eigenvalue weighted by molar-refractivity contribution is -0.166. The molecular formula is C12H14O7. The fourth-order valence-electron chi connectivity index (χ4n) is 1.15. The third kappa shape index (κ3) is 6.16. The predicted molar refractivity (Wildman–Crippen MR) is 63.0 cm³/mol. The van der Waals surface area contributed by atoms with Crippen molar-refractivity contribution in [1.29, 1.82) is 0 Å². The number of carbonyl (C=O) groups excluding carboxylic acids is 2. The molecule has 0 rings (SSSR count). The first kappa shape index (κ1) is 16.6. The summed E-state index contributed by atoms with van der Waals surface area (Å²) >= 11 is 0. The molecule has 2 atom stereocenters. The molecule has 0 aliphatic heterocycles. The molecule has 0 fully saturated rings. The maximum absolute atomic E-state index is 11.5. The van der Waals surface area contributed by atoms with Crippen LogP contribution in [0.4, 0.5) is 0 Å². The minimum atomic E-state index is -1.25. The summed E-state index contributed by atoms with van der Waals surface area (Å²) in [6.07, 6.45) is 0.967. The monoisotopic (exact) mass is 270 g/mol. The second-order valence-electron chi connectivity index (χ2n) is 3.62. The Bertz CT molecular complexity index is 372. The molecule has 19 heavy (non-hydrogen) atoms. The van der Waals surface area contributed by atoms with Crippen LogP contribution in [-0.2, 0) is 23.9 Å². The average molecular weight is 270 g/mol. The van der Waals surface area contributed by atoms with Crippen LogP contribution in [0.2, 0.25) is 0 Å². The van der Waals surface area contributed by atoms with Crippen LogP contribution < -0.4 is 0 Å². The van der Waals surface area contributed by atoms with E-state index in [0.29, 0.717) is 0 Å². The van der Waals surface area contributed by atoms with Crippen LogP contribution >= 0.6 is 0 Å². The van der Waals surface area contributed by atoms with Crippen molar-refractivity contribution < 1.29 is 34.1 Å². The Morgan fingerprint density at radius 2 is 1.21 bits per heavy atom. The van der Waals surface area contributed by atoms with Crippen molar-refractivity contribution in [2.45, 2.75) is 12.8 Å². The molecule has 2 N–H and O–H groups in total. The van der Waals surface area contributed by atoms with Gasteiger partial charge in [-0.3, -0.25) is 19.2 Å². The smallest absolute Gasteiger partial charge is 0.321 e. The van der Waals surface area contributed by atoms with E-state index in [1.54, 1.807) is 0 Å². The van der Waals surface area contributed by atoms with Crippen LogP contribution in [0.3, 0.4) is 0 Å². The number of carboxylic acid groups (broad SMARTS) is 2.